The number of amides is 1. The SMILES string of the molecule is Cc1ccc2c(c1)CCCN2CCCCC(=O)NN. The van der Waals surface area contributed by atoms with Crippen LogP contribution in [0.2, 0.25) is 0 Å². The van der Waals surface area contributed by atoms with Crippen LogP contribution in [-0.4, -0.2) is 19.0 Å². The third kappa shape index (κ3) is 3.70. The molecule has 0 fully saturated rings. The van der Waals surface area contributed by atoms with Gasteiger partial charge in [-0.2, -0.15) is 0 Å². The maximum atomic E-state index is 11.0. The van der Waals surface area contributed by atoms with Gasteiger partial charge in [-0.1, -0.05) is 17.7 Å². The Balaban J connectivity index is 1.87. The molecule has 2 rings (SSSR count). The van der Waals surface area contributed by atoms with Gasteiger partial charge in [-0.3, -0.25) is 10.2 Å². The molecule has 0 radical (unpaired) electrons. The van der Waals surface area contributed by atoms with E-state index in [1.165, 1.54) is 29.7 Å². The number of aryl methyl sites for hydroxylation is 2. The second kappa shape index (κ2) is 6.57. The fraction of sp³-hybridized carbons (Fsp3) is 0.533. The molecule has 19 heavy (non-hydrogen) atoms. The summed E-state index contributed by atoms with van der Waals surface area (Å²) in [5, 5.41) is 0. The first-order valence-corrected chi connectivity index (χ1v) is 7.04. The summed E-state index contributed by atoms with van der Waals surface area (Å²) in [6, 6.07) is 6.71. The number of carbonyl (C=O) groups is 1. The largest absolute Gasteiger partial charge is 0.371 e. The minimum absolute atomic E-state index is 0.0744. The molecule has 0 aliphatic carbocycles. The summed E-state index contributed by atoms with van der Waals surface area (Å²) in [5.41, 5.74) is 6.35. The van der Waals surface area contributed by atoms with Gasteiger partial charge in [0.05, 0.1) is 0 Å². The van der Waals surface area contributed by atoms with Gasteiger partial charge in [-0.25, -0.2) is 5.84 Å². The lowest BCUT2D eigenvalue weighted by Gasteiger charge is -2.31. The molecule has 0 aromatic heterocycles. The average molecular weight is 261 g/mol. The number of nitrogens with zero attached hydrogens (tertiary/aromatic N) is 1. The number of hydrazine groups is 1. The zero-order chi connectivity index (χ0) is 13.7. The van der Waals surface area contributed by atoms with Gasteiger partial charge < -0.3 is 4.90 Å². The lowest BCUT2D eigenvalue weighted by Crippen LogP contribution is -2.31. The number of nitrogens with one attached hydrogen (secondary N) is 1. The first-order valence-electron chi connectivity index (χ1n) is 7.04. The molecule has 1 aliphatic heterocycles. The van der Waals surface area contributed by atoms with E-state index in [0.29, 0.717) is 6.42 Å². The Morgan fingerprint density at radius 1 is 1.42 bits per heavy atom. The summed E-state index contributed by atoms with van der Waals surface area (Å²) in [7, 11) is 0. The van der Waals surface area contributed by atoms with Gasteiger partial charge in [0.25, 0.3) is 0 Å². The highest BCUT2D eigenvalue weighted by atomic mass is 16.2. The Hall–Kier alpha value is -1.55. The van der Waals surface area contributed by atoms with Crippen LogP contribution in [0.25, 0.3) is 0 Å². The normalized spacial score (nSPS) is 14.1. The molecule has 1 amide bonds. The molecule has 0 atom stereocenters. The van der Waals surface area contributed by atoms with E-state index in [-0.39, 0.29) is 5.91 Å². The van der Waals surface area contributed by atoms with E-state index in [0.717, 1.165) is 25.9 Å². The monoisotopic (exact) mass is 261 g/mol. The van der Waals surface area contributed by atoms with Gasteiger partial charge >= 0.3 is 0 Å². The maximum absolute atomic E-state index is 11.0. The van der Waals surface area contributed by atoms with Crippen molar-refractivity contribution in [2.75, 3.05) is 18.0 Å². The van der Waals surface area contributed by atoms with Crippen LogP contribution in [0.3, 0.4) is 0 Å². The molecule has 104 valence electrons. The molecule has 4 nitrogen and oxygen atoms in total. The maximum Gasteiger partial charge on any atom is 0.233 e. The third-order valence-corrected chi connectivity index (χ3v) is 3.69. The molecule has 0 bridgehead atoms. The number of anilines is 1. The molecule has 1 aromatic carbocycles. The smallest absolute Gasteiger partial charge is 0.233 e. The van der Waals surface area contributed by atoms with E-state index in [2.05, 4.69) is 35.4 Å². The van der Waals surface area contributed by atoms with E-state index < -0.39 is 0 Å². The lowest BCUT2D eigenvalue weighted by molar-refractivity contribution is -0.121. The highest BCUT2D eigenvalue weighted by Gasteiger charge is 2.16. The summed E-state index contributed by atoms with van der Waals surface area (Å²) < 4.78 is 0. The molecule has 4 heteroatoms. The van der Waals surface area contributed by atoms with Crippen LogP contribution in [0.1, 0.15) is 36.8 Å². The van der Waals surface area contributed by atoms with Crippen LogP contribution in [0, 0.1) is 6.92 Å². The van der Waals surface area contributed by atoms with Crippen molar-refractivity contribution in [3.8, 4) is 0 Å². The molecular formula is C15H23N3O. The number of carbonyl (C=O) groups excluding carboxylic acids is 1. The van der Waals surface area contributed by atoms with Gasteiger partial charge in [0.15, 0.2) is 0 Å². The van der Waals surface area contributed by atoms with Gasteiger partial charge in [-0.05, 0) is 44.2 Å². The summed E-state index contributed by atoms with van der Waals surface area (Å²) >= 11 is 0. The zero-order valence-corrected chi connectivity index (χ0v) is 11.6. The summed E-state index contributed by atoms with van der Waals surface area (Å²) in [4.78, 5) is 13.5. The van der Waals surface area contributed by atoms with Gasteiger partial charge in [-0.15, -0.1) is 0 Å². The van der Waals surface area contributed by atoms with Crippen molar-refractivity contribution in [3.05, 3.63) is 29.3 Å². The van der Waals surface area contributed by atoms with Crippen molar-refractivity contribution in [2.45, 2.75) is 39.0 Å². The minimum atomic E-state index is -0.0744. The van der Waals surface area contributed by atoms with Crippen molar-refractivity contribution in [2.24, 2.45) is 5.84 Å². The molecule has 0 saturated heterocycles. The van der Waals surface area contributed by atoms with Crippen LogP contribution >= 0.6 is 0 Å². The number of hydrogen-bond donors (Lipinski definition) is 2. The van der Waals surface area contributed by atoms with E-state index in [1.807, 2.05) is 0 Å². The topological polar surface area (TPSA) is 58.4 Å². The molecule has 0 unspecified atom stereocenters. The summed E-state index contributed by atoms with van der Waals surface area (Å²) in [6.07, 6.45) is 4.84. The highest BCUT2D eigenvalue weighted by molar-refractivity contribution is 5.75. The summed E-state index contributed by atoms with van der Waals surface area (Å²) in [6.45, 7) is 4.29. The number of benzene rings is 1. The lowest BCUT2D eigenvalue weighted by atomic mass is 9.99. The van der Waals surface area contributed by atoms with Gasteiger partial charge in [0.2, 0.25) is 5.91 Å². The fourth-order valence-electron chi connectivity index (χ4n) is 2.70. The quantitative estimate of drug-likeness (QED) is 0.368. The second-order valence-corrected chi connectivity index (χ2v) is 5.25. The molecular weight excluding hydrogens is 238 g/mol. The Morgan fingerprint density at radius 2 is 2.26 bits per heavy atom. The van der Waals surface area contributed by atoms with Gasteiger partial charge in [0.1, 0.15) is 0 Å². The molecule has 0 spiro atoms. The first kappa shape index (κ1) is 13.9. The van der Waals surface area contributed by atoms with Crippen LogP contribution < -0.4 is 16.2 Å². The Kier molecular flexibility index (Phi) is 4.80. The average Bonchev–Trinajstić information content (AvgIpc) is 2.42. The molecule has 1 aromatic rings. The predicted molar refractivity (Wildman–Crippen MR) is 77.9 cm³/mol. The number of nitrogens with two attached hydrogens (primary N) is 1. The van der Waals surface area contributed by atoms with Crippen molar-refractivity contribution in [1.29, 1.82) is 0 Å². The van der Waals surface area contributed by atoms with Crippen LogP contribution in [0.15, 0.2) is 18.2 Å². The van der Waals surface area contributed by atoms with E-state index >= 15 is 0 Å². The molecule has 1 heterocycles. The van der Waals surface area contributed by atoms with E-state index in [1.54, 1.807) is 0 Å². The second-order valence-electron chi connectivity index (χ2n) is 5.25. The van der Waals surface area contributed by atoms with Crippen molar-refractivity contribution in [1.82, 2.24) is 5.43 Å². The zero-order valence-electron chi connectivity index (χ0n) is 11.6. The Labute approximate surface area is 114 Å². The predicted octanol–water partition coefficient (Wildman–Crippen LogP) is 1.91. The van der Waals surface area contributed by atoms with Crippen molar-refractivity contribution < 1.29 is 4.79 Å². The Bertz CT molecular complexity index is 445. The van der Waals surface area contributed by atoms with Crippen LogP contribution in [0.4, 0.5) is 5.69 Å². The molecule has 3 N–H and O–H groups in total. The number of unbranched alkanes of at least 4 members (excludes halogenated alkanes) is 1. The third-order valence-electron chi connectivity index (χ3n) is 3.69. The highest BCUT2D eigenvalue weighted by Crippen LogP contribution is 2.28. The molecule has 1 aliphatic rings. The van der Waals surface area contributed by atoms with Crippen molar-refractivity contribution in [3.63, 3.8) is 0 Å². The number of fused-ring (bicyclic) bond motifs is 1. The van der Waals surface area contributed by atoms with Crippen LogP contribution in [-0.2, 0) is 11.2 Å². The molecule has 0 saturated carbocycles. The standard InChI is InChI=1S/C15H23N3O/c1-12-7-8-14-13(11-12)5-4-10-18(14)9-3-2-6-15(19)17-16/h7-8,11H,2-6,9-10,16H2,1H3,(H,17,19). The van der Waals surface area contributed by atoms with Gasteiger partial charge in [0, 0.05) is 25.2 Å². The fourth-order valence-corrected chi connectivity index (χ4v) is 2.70. The number of rotatable bonds is 5. The Morgan fingerprint density at radius 3 is 3.05 bits per heavy atom. The van der Waals surface area contributed by atoms with Crippen molar-refractivity contribution >= 4 is 11.6 Å². The van der Waals surface area contributed by atoms with E-state index in [4.69, 9.17) is 5.84 Å². The van der Waals surface area contributed by atoms with Crippen LogP contribution in [0.5, 0.6) is 0 Å². The summed E-state index contributed by atoms with van der Waals surface area (Å²) in [5.74, 6) is 4.99. The number of hydrogen-bond acceptors (Lipinski definition) is 3. The first-order chi connectivity index (χ1) is 9.20. The minimum Gasteiger partial charge on any atom is -0.371 e. The van der Waals surface area contributed by atoms with E-state index in [9.17, 15) is 4.79 Å².